The van der Waals surface area contributed by atoms with Crippen LogP contribution in [0.4, 0.5) is 17.2 Å². The number of anilines is 3. The first-order chi connectivity index (χ1) is 14.7. The first-order valence-corrected chi connectivity index (χ1v) is 10.3. The first-order valence-electron chi connectivity index (χ1n) is 10.3. The van der Waals surface area contributed by atoms with E-state index < -0.39 is 5.69 Å². The maximum absolute atomic E-state index is 13.1. The highest BCUT2D eigenvalue weighted by molar-refractivity contribution is 5.74. The molecule has 1 N–H and O–H groups in total. The van der Waals surface area contributed by atoms with Gasteiger partial charge in [-0.3, -0.25) is 14.3 Å². The Morgan fingerprint density at radius 1 is 0.967 bits per heavy atom. The number of benzene rings is 2. The summed E-state index contributed by atoms with van der Waals surface area (Å²) in [5.74, 6) is 0.580. The molecule has 7 heteroatoms. The van der Waals surface area contributed by atoms with Crippen molar-refractivity contribution in [2.24, 2.45) is 0 Å². The van der Waals surface area contributed by atoms with Crippen molar-refractivity contribution in [1.29, 1.82) is 0 Å². The second-order valence-electron chi connectivity index (χ2n) is 7.23. The van der Waals surface area contributed by atoms with E-state index in [0.29, 0.717) is 37.7 Å². The second-order valence-corrected chi connectivity index (χ2v) is 7.23. The molecule has 0 saturated heterocycles. The maximum Gasteiger partial charge on any atom is 0.331 e. The molecule has 1 aliphatic heterocycles. The maximum atomic E-state index is 13.1. The third-order valence-electron chi connectivity index (χ3n) is 5.24. The van der Waals surface area contributed by atoms with Crippen LogP contribution in [0.15, 0.2) is 70.3 Å². The molecule has 0 spiro atoms. The zero-order valence-corrected chi connectivity index (χ0v) is 17.1. The van der Waals surface area contributed by atoms with Crippen LogP contribution in [0, 0.1) is 0 Å². The van der Waals surface area contributed by atoms with Crippen LogP contribution < -0.4 is 21.0 Å². The van der Waals surface area contributed by atoms with Crippen molar-refractivity contribution in [2.45, 2.75) is 26.6 Å². The number of fused-ring (bicyclic) bond motifs is 1. The van der Waals surface area contributed by atoms with Gasteiger partial charge in [0.05, 0.1) is 0 Å². The minimum Gasteiger partial charge on any atom is -0.361 e. The summed E-state index contributed by atoms with van der Waals surface area (Å²) in [6, 6.07) is 19.9. The van der Waals surface area contributed by atoms with Gasteiger partial charge < -0.3 is 14.5 Å². The Balaban J connectivity index is 1.90. The van der Waals surface area contributed by atoms with Gasteiger partial charge in [-0.1, -0.05) is 48.5 Å². The third kappa shape index (κ3) is 4.02. The smallest absolute Gasteiger partial charge is 0.331 e. The highest BCUT2D eigenvalue weighted by Gasteiger charge is 2.28. The molecule has 1 aliphatic rings. The predicted octanol–water partition coefficient (Wildman–Crippen LogP) is 3.08. The fourth-order valence-electron chi connectivity index (χ4n) is 3.87. The van der Waals surface area contributed by atoms with Crippen LogP contribution in [-0.2, 0) is 18.0 Å². The summed E-state index contributed by atoms with van der Waals surface area (Å²) in [4.78, 5) is 32.4. The molecule has 0 aliphatic carbocycles. The lowest BCUT2D eigenvalue weighted by molar-refractivity contribution is 0.0854. The van der Waals surface area contributed by atoms with Crippen LogP contribution in [0.3, 0.4) is 0 Å². The molecule has 7 nitrogen and oxygen atoms in total. The molecule has 1 aromatic heterocycles. The van der Waals surface area contributed by atoms with Crippen molar-refractivity contribution >= 4 is 17.2 Å². The Kier molecular flexibility index (Phi) is 5.99. The Morgan fingerprint density at radius 2 is 1.67 bits per heavy atom. The van der Waals surface area contributed by atoms with Crippen LogP contribution >= 0.6 is 0 Å². The first kappa shape index (κ1) is 20.0. The molecule has 0 amide bonds. The summed E-state index contributed by atoms with van der Waals surface area (Å²) < 4.78 is 7.10. The van der Waals surface area contributed by atoms with Gasteiger partial charge in [0.25, 0.3) is 5.56 Å². The highest BCUT2D eigenvalue weighted by atomic mass is 16.5. The third-order valence-corrected chi connectivity index (χ3v) is 5.24. The lowest BCUT2D eigenvalue weighted by Crippen LogP contribution is -2.39. The largest absolute Gasteiger partial charge is 0.361 e. The standard InChI is InChI=1S/C23H26N4O3/c1-2-30-17-27-22-20(21(28)24-23(27)29)25(16-18-10-5-3-6-11-18)14-9-15-26(22)19-12-7-4-8-13-19/h3-8,10-13H,2,9,14-17H2,1H3,(H,24,28,29). The van der Waals surface area contributed by atoms with E-state index >= 15 is 0 Å². The summed E-state index contributed by atoms with van der Waals surface area (Å²) in [5.41, 5.74) is 1.71. The summed E-state index contributed by atoms with van der Waals surface area (Å²) in [6.45, 7) is 4.42. The quantitative estimate of drug-likeness (QED) is 0.681. The summed E-state index contributed by atoms with van der Waals surface area (Å²) >= 11 is 0. The molecule has 0 saturated carbocycles. The second kappa shape index (κ2) is 9.00. The van der Waals surface area contributed by atoms with E-state index in [1.54, 1.807) is 0 Å². The van der Waals surface area contributed by atoms with E-state index in [0.717, 1.165) is 17.7 Å². The minimum atomic E-state index is -0.463. The number of hydrogen-bond acceptors (Lipinski definition) is 5. The molecule has 0 bridgehead atoms. The molecule has 2 aromatic carbocycles. The Hall–Kier alpha value is -3.32. The fourth-order valence-corrected chi connectivity index (χ4v) is 3.87. The number of aromatic amines is 1. The number of ether oxygens (including phenoxy) is 1. The number of nitrogens with one attached hydrogen (secondary N) is 1. The molecular weight excluding hydrogens is 380 g/mol. The van der Waals surface area contributed by atoms with E-state index in [1.165, 1.54) is 4.57 Å². The molecule has 0 fully saturated rings. The van der Waals surface area contributed by atoms with Gasteiger partial charge in [0.2, 0.25) is 0 Å². The summed E-state index contributed by atoms with van der Waals surface area (Å²) in [7, 11) is 0. The Labute approximate surface area is 175 Å². The number of hydrogen-bond donors (Lipinski definition) is 1. The predicted molar refractivity (Wildman–Crippen MR) is 119 cm³/mol. The Morgan fingerprint density at radius 3 is 2.37 bits per heavy atom. The van der Waals surface area contributed by atoms with E-state index in [-0.39, 0.29) is 12.3 Å². The molecule has 4 rings (SSSR count). The van der Waals surface area contributed by atoms with Gasteiger partial charge in [-0.05, 0) is 31.0 Å². The fraction of sp³-hybridized carbons (Fsp3) is 0.304. The van der Waals surface area contributed by atoms with Crippen molar-refractivity contribution in [1.82, 2.24) is 9.55 Å². The molecule has 0 unspecified atom stereocenters. The molecule has 3 aromatic rings. The molecule has 30 heavy (non-hydrogen) atoms. The van der Waals surface area contributed by atoms with E-state index in [4.69, 9.17) is 4.74 Å². The minimum absolute atomic E-state index is 0.0803. The van der Waals surface area contributed by atoms with Gasteiger partial charge >= 0.3 is 5.69 Å². The van der Waals surface area contributed by atoms with Gasteiger partial charge in [-0.15, -0.1) is 0 Å². The molecular formula is C23H26N4O3. The van der Waals surface area contributed by atoms with Crippen LogP contribution in [0.1, 0.15) is 18.9 Å². The van der Waals surface area contributed by atoms with Gasteiger partial charge in [0.15, 0.2) is 0 Å². The van der Waals surface area contributed by atoms with Crippen LogP contribution in [-0.4, -0.2) is 29.2 Å². The van der Waals surface area contributed by atoms with E-state index in [2.05, 4.69) is 14.8 Å². The van der Waals surface area contributed by atoms with E-state index in [1.807, 2.05) is 67.6 Å². The molecule has 0 radical (unpaired) electrons. The van der Waals surface area contributed by atoms with Gasteiger partial charge in [-0.25, -0.2) is 4.79 Å². The average molecular weight is 406 g/mol. The lowest BCUT2D eigenvalue weighted by Gasteiger charge is -2.29. The Bertz CT molecular complexity index is 1090. The van der Waals surface area contributed by atoms with Crippen molar-refractivity contribution in [3.05, 3.63) is 87.1 Å². The van der Waals surface area contributed by atoms with Gasteiger partial charge in [0.1, 0.15) is 18.2 Å². The number of H-pyrrole nitrogens is 1. The van der Waals surface area contributed by atoms with Crippen LogP contribution in [0.2, 0.25) is 0 Å². The lowest BCUT2D eigenvalue weighted by atomic mass is 10.2. The van der Waals surface area contributed by atoms with Crippen LogP contribution in [0.5, 0.6) is 0 Å². The highest BCUT2D eigenvalue weighted by Crippen LogP contribution is 2.34. The average Bonchev–Trinajstić information content (AvgIpc) is 2.95. The van der Waals surface area contributed by atoms with Gasteiger partial charge in [-0.2, -0.15) is 0 Å². The van der Waals surface area contributed by atoms with E-state index in [9.17, 15) is 9.59 Å². The number of para-hydroxylation sites is 1. The summed E-state index contributed by atoms with van der Waals surface area (Å²) in [5, 5.41) is 0. The number of aromatic nitrogens is 2. The molecule has 156 valence electrons. The monoisotopic (exact) mass is 406 g/mol. The van der Waals surface area contributed by atoms with Crippen LogP contribution in [0.25, 0.3) is 0 Å². The zero-order valence-electron chi connectivity index (χ0n) is 17.1. The van der Waals surface area contributed by atoms with Gasteiger partial charge in [0, 0.05) is 31.9 Å². The van der Waals surface area contributed by atoms with Crippen molar-refractivity contribution in [3.63, 3.8) is 0 Å². The number of nitrogens with zero attached hydrogens (tertiary/aromatic N) is 3. The molecule has 2 heterocycles. The van der Waals surface area contributed by atoms with Crippen molar-refractivity contribution in [3.8, 4) is 0 Å². The SMILES string of the molecule is CCOCn1c2c(c(=O)[nH]c1=O)N(Cc1ccccc1)CCCN2c1ccccc1. The van der Waals surface area contributed by atoms with Crippen molar-refractivity contribution < 1.29 is 4.74 Å². The zero-order chi connectivity index (χ0) is 20.9. The number of rotatable bonds is 6. The summed E-state index contributed by atoms with van der Waals surface area (Å²) in [6.07, 6.45) is 0.846. The topological polar surface area (TPSA) is 70.6 Å². The normalized spacial score (nSPS) is 13.8. The van der Waals surface area contributed by atoms with Crippen molar-refractivity contribution in [2.75, 3.05) is 29.5 Å². The molecule has 0 atom stereocenters.